The fraction of sp³-hybridized carbons (Fsp3) is 0.700. The number of rotatable bonds is 12. The van der Waals surface area contributed by atoms with E-state index in [-0.39, 0.29) is 17.6 Å². The van der Waals surface area contributed by atoms with E-state index in [0.717, 1.165) is 38.2 Å². The molecule has 0 N–H and O–H groups in total. The van der Waals surface area contributed by atoms with Crippen LogP contribution in [-0.2, 0) is 18.9 Å². The van der Waals surface area contributed by atoms with Crippen molar-refractivity contribution >= 4 is 0 Å². The summed E-state index contributed by atoms with van der Waals surface area (Å²) in [7, 11) is 0. The van der Waals surface area contributed by atoms with Crippen molar-refractivity contribution in [1.29, 1.82) is 0 Å². The predicted octanol–water partition coefficient (Wildman–Crippen LogP) is 4.38. The molecule has 0 bridgehead atoms. The van der Waals surface area contributed by atoms with E-state index in [1.807, 2.05) is 25.2 Å². The lowest BCUT2D eigenvalue weighted by Crippen LogP contribution is -2.24. The minimum absolute atomic E-state index is 0.151. The maximum Gasteiger partial charge on any atom is 0.116 e. The van der Waals surface area contributed by atoms with Gasteiger partial charge in [0.2, 0.25) is 0 Å². The predicted molar refractivity (Wildman–Crippen MR) is 95.6 cm³/mol. The van der Waals surface area contributed by atoms with E-state index in [1.165, 1.54) is 0 Å². The molecule has 4 nitrogen and oxygen atoms in total. The topological polar surface area (TPSA) is 43.5 Å². The molecule has 0 aromatic rings. The molecule has 24 heavy (non-hydrogen) atoms. The molecular formula is C20H32O4. The number of hydrogen-bond donors (Lipinski definition) is 0. The quantitative estimate of drug-likeness (QED) is 0.301. The van der Waals surface area contributed by atoms with Crippen molar-refractivity contribution in [2.75, 3.05) is 19.8 Å². The average molecular weight is 336 g/mol. The van der Waals surface area contributed by atoms with E-state index in [4.69, 9.17) is 18.9 Å². The van der Waals surface area contributed by atoms with Gasteiger partial charge in [0.25, 0.3) is 0 Å². The molecule has 2 aliphatic rings. The van der Waals surface area contributed by atoms with Gasteiger partial charge in [0.1, 0.15) is 24.6 Å². The summed E-state index contributed by atoms with van der Waals surface area (Å²) in [6.07, 6.45) is 9.60. The molecule has 0 aliphatic carbocycles. The highest BCUT2D eigenvalue weighted by Gasteiger charge is 2.31. The lowest BCUT2D eigenvalue weighted by atomic mass is 9.83. The number of ether oxygens (including phenoxy) is 4. The fourth-order valence-corrected chi connectivity index (χ4v) is 2.41. The molecule has 0 radical (unpaired) electrons. The Morgan fingerprint density at radius 3 is 2.54 bits per heavy atom. The normalized spacial score (nSPS) is 24.8. The Kier molecular flexibility index (Phi) is 6.93. The Morgan fingerprint density at radius 2 is 1.96 bits per heavy atom. The first-order valence-corrected chi connectivity index (χ1v) is 8.94. The number of hydrogen-bond acceptors (Lipinski definition) is 4. The van der Waals surface area contributed by atoms with Crippen LogP contribution in [-0.4, -0.2) is 38.1 Å². The zero-order valence-electron chi connectivity index (χ0n) is 15.5. The van der Waals surface area contributed by atoms with Gasteiger partial charge in [-0.15, -0.1) is 0 Å². The molecule has 3 unspecified atom stereocenters. The summed E-state index contributed by atoms with van der Waals surface area (Å²) in [5.74, 6) is 1.55. The van der Waals surface area contributed by atoms with Crippen LogP contribution in [0.4, 0.5) is 0 Å². The lowest BCUT2D eigenvalue weighted by Gasteiger charge is -2.29. The van der Waals surface area contributed by atoms with E-state index < -0.39 is 0 Å². The standard InChI is InChI=1S/C20H32O4/c1-6-20(4,5)11-17(10-18-12-22-18)24-16(3)9-7-8-15(2)21-13-19-14-23-19/h7-9,17-19H,3,6,10-14H2,1-2,4-5H3/b9-7-,15-8+. The Morgan fingerprint density at radius 1 is 1.29 bits per heavy atom. The van der Waals surface area contributed by atoms with Crippen LogP contribution in [0.1, 0.15) is 47.0 Å². The van der Waals surface area contributed by atoms with Crippen LogP contribution in [0.15, 0.2) is 36.3 Å². The Labute approximate surface area is 146 Å². The second-order valence-corrected chi connectivity index (χ2v) is 7.52. The molecule has 0 aromatic carbocycles. The Bertz CT molecular complexity index is 470. The van der Waals surface area contributed by atoms with Crippen molar-refractivity contribution in [3.63, 3.8) is 0 Å². The minimum atomic E-state index is 0.151. The SMILES string of the molecule is C=C(/C=C\C=C(/C)OCC1CO1)OC(CC1CO1)CC(C)(C)CC. The van der Waals surface area contributed by atoms with E-state index in [2.05, 4.69) is 27.4 Å². The molecule has 2 heterocycles. The Balaban J connectivity index is 1.77. The van der Waals surface area contributed by atoms with Crippen molar-refractivity contribution in [2.24, 2.45) is 5.41 Å². The van der Waals surface area contributed by atoms with Gasteiger partial charge in [0.05, 0.1) is 25.1 Å². The third kappa shape index (κ3) is 8.02. The molecule has 0 spiro atoms. The maximum atomic E-state index is 6.08. The van der Waals surface area contributed by atoms with Gasteiger partial charge in [0, 0.05) is 6.42 Å². The molecule has 2 saturated heterocycles. The van der Waals surface area contributed by atoms with Gasteiger partial charge in [-0.2, -0.15) is 0 Å². The van der Waals surface area contributed by atoms with Crippen LogP contribution in [0.3, 0.4) is 0 Å². The molecule has 0 amide bonds. The van der Waals surface area contributed by atoms with Crippen molar-refractivity contribution in [3.05, 3.63) is 36.3 Å². The van der Waals surface area contributed by atoms with Gasteiger partial charge in [0.15, 0.2) is 0 Å². The van der Waals surface area contributed by atoms with Gasteiger partial charge in [-0.05, 0) is 30.9 Å². The van der Waals surface area contributed by atoms with Crippen LogP contribution < -0.4 is 0 Å². The fourth-order valence-electron chi connectivity index (χ4n) is 2.41. The molecule has 2 rings (SSSR count). The summed E-state index contributed by atoms with van der Waals surface area (Å²) in [6, 6.07) is 0. The molecule has 2 aliphatic heterocycles. The maximum absolute atomic E-state index is 6.08. The summed E-state index contributed by atoms with van der Waals surface area (Å²) >= 11 is 0. The van der Waals surface area contributed by atoms with Crippen LogP contribution in [0, 0.1) is 5.41 Å². The first-order chi connectivity index (χ1) is 11.4. The first kappa shape index (κ1) is 19.1. The first-order valence-electron chi connectivity index (χ1n) is 8.94. The van der Waals surface area contributed by atoms with E-state index >= 15 is 0 Å². The third-order valence-electron chi connectivity index (χ3n) is 4.50. The molecule has 0 saturated carbocycles. The smallest absolute Gasteiger partial charge is 0.116 e. The largest absolute Gasteiger partial charge is 0.495 e. The molecule has 3 atom stereocenters. The zero-order valence-corrected chi connectivity index (χ0v) is 15.5. The van der Waals surface area contributed by atoms with Gasteiger partial charge >= 0.3 is 0 Å². The van der Waals surface area contributed by atoms with Crippen LogP contribution in [0.2, 0.25) is 0 Å². The summed E-state index contributed by atoms with van der Waals surface area (Å²) in [5.41, 5.74) is 0.263. The summed E-state index contributed by atoms with van der Waals surface area (Å²) < 4.78 is 22.1. The summed E-state index contributed by atoms with van der Waals surface area (Å²) in [6.45, 7) is 15.0. The summed E-state index contributed by atoms with van der Waals surface area (Å²) in [5, 5.41) is 0. The zero-order chi connectivity index (χ0) is 17.6. The van der Waals surface area contributed by atoms with Crippen molar-refractivity contribution in [2.45, 2.75) is 65.3 Å². The Hall–Kier alpha value is -1.26. The van der Waals surface area contributed by atoms with Crippen LogP contribution >= 0.6 is 0 Å². The van der Waals surface area contributed by atoms with Gasteiger partial charge < -0.3 is 18.9 Å². The van der Waals surface area contributed by atoms with Gasteiger partial charge in [-0.1, -0.05) is 39.8 Å². The van der Waals surface area contributed by atoms with Crippen molar-refractivity contribution in [1.82, 2.24) is 0 Å². The van der Waals surface area contributed by atoms with E-state index in [0.29, 0.717) is 18.5 Å². The average Bonchev–Trinajstić information content (AvgIpc) is 3.39. The van der Waals surface area contributed by atoms with Crippen molar-refractivity contribution in [3.8, 4) is 0 Å². The van der Waals surface area contributed by atoms with E-state index in [9.17, 15) is 0 Å². The van der Waals surface area contributed by atoms with Crippen molar-refractivity contribution < 1.29 is 18.9 Å². The second-order valence-electron chi connectivity index (χ2n) is 7.52. The number of allylic oxidation sites excluding steroid dienone is 4. The molecule has 136 valence electrons. The molecule has 0 aromatic heterocycles. The molecule has 2 fully saturated rings. The van der Waals surface area contributed by atoms with Crippen LogP contribution in [0.5, 0.6) is 0 Å². The highest BCUT2D eigenvalue weighted by atomic mass is 16.6. The van der Waals surface area contributed by atoms with Crippen LogP contribution in [0.25, 0.3) is 0 Å². The third-order valence-corrected chi connectivity index (χ3v) is 4.50. The summed E-state index contributed by atoms with van der Waals surface area (Å²) in [4.78, 5) is 0. The highest BCUT2D eigenvalue weighted by Crippen LogP contribution is 2.32. The second kappa shape index (κ2) is 8.72. The number of epoxide rings is 2. The van der Waals surface area contributed by atoms with Gasteiger partial charge in [-0.3, -0.25) is 0 Å². The molecule has 4 heteroatoms. The minimum Gasteiger partial charge on any atom is -0.495 e. The molecular weight excluding hydrogens is 304 g/mol. The monoisotopic (exact) mass is 336 g/mol. The lowest BCUT2D eigenvalue weighted by molar-refractivity contribution is 0.0656. The van der Waals surface area contributed by atoms with Gasteiger partial charge in [-0.25, -0.2) is 0 Å². The van der Waals surface area contributed by atoms with E-state index in [1.54, 1.807) is 0 Å². The highest BCUT2D eigenvalue weighted by molar-refractivity contribution is 5.16.